The number of rotatable bonds is 1. The van der Waals surface area contributed by atoms with Crippen molar-refractivity contribution < 1.29 is 13.9 Å². The maximum atomic E-state index is 12.3. The van der Waals surface area contributed by atoms with Crippen LogP contribution in [0.4, 0.5) is 4.79 Å². The van der Waals surface area contributed by atoms with E-state index in [1.807, 2.05) is 45.9 Å². The number of aromatic amines is 1. The Hall–Kier alpha value is -2.24. The molecule has 0 radical (unpaired) electrons. The van der Waals surface area contributed by atoms with Crippen molar-refractivity contribution in [2.45, 2.75) is 58.1 Å². The number of hydrogen-bond acceptors (Lipinski definition) is 4. The number of H-pyrrole nitrogens is 1. The molecule has 1 aromatic heterocycles. The molecule has 2 unspecified atom stereocenters. The molecule has 1 amide bonds. The summed E-state index contributed by atoms with van der Waals surface area (Å²) in [6.07, 6.45) is 1.48. The van der Waals surface area contributed by atoms with E-state index in [-0.39, 0.29) is 12.1 Å². The molecule has 1 N–H and O–H groups in total. The normalized spacial score (nSPS) is 21.9. The molecule has 1 aromatic carbocycles. The van der Waals surface area contributed by atoms with Gasteiger partial charge in [0.25, 0.3) is 0 Å². The minimum absolute atomic E-state index is 0.104. The highest BCUT2D eigenvalue weighted by molar-refractivity contribution is 5.73. The van der Waals surface area contributed by atoms with Crippen molar-refractivity contribution in [2.75, 3.05) is 6.54 Å². The Morgan fingerprint density at radius 1 is 1.38 bits per heavy atom. The number of likely N-dealkylation sites (tertiary alicyclic amines) is 1. The number of oxazole rings is 1. The van der Waals surface area contributed by atoms with E-state index in [1.165, 1.54) is 0 Å². The summed E-state index contributed by atoms with van der Waals surface area (Å²) in [5, 5.41) is 0. The Labute approximate surface area is 140 Å². The minimum atomic E-state index is -0.482. The van der Waals surface area contributed by atoms with E-state index in [4.69, 9.17) is 9.15 Å². The highest BCUT2D eigenvalue weighted by atomic mass is 16.6. The molecule has 0 spiro atoms. The first-order valence-electron chi connectivity index (χ1n) is 8.35. The van der Waals surface area contributed by atoms with Gasteiger partial charge in [-0.05, 0) is 64.2 Å². The van der Waals surface area contributed by atoms with Gasteiger partial charge in [0.1, 0.15) is 5.60 Å². The number of ether oxygens (including phenoxy) is 1. The van der Waals surface area contributed by atoms with Crippen molar-refractivity contribution in [3.8, 4) is 0 Å². The Morgan fingerprint density at radius 2 is 2.12 bits per heavy atom. The van der Waals surface area contributed by atoms with Crippen LogP contribution in [0.15, 0.2) is 27.4 Å². The smallest absolute Gasteiger partial charge is 0.417 e. The van der Waals surface area contributed by atoms with Crippen molar-refractivity contribution in [3.05, 3.63) is 34.3 Å². The van der Waals surface area contributed by atoms with Gasteiger partial charge in [0.2, 0.25) is 0 Å². The molecule has 24 heavy (non-hydrogen) atoms. The zero-order valence-corrected chi connectivity index (χ0v) is 14.6. The largest absolute Gasteiger partial charge is 0.444 e. The lowest BCUT2D eigenvalue weighted by molar-refractivity contribution is 0.0103. The maximum Gasteiger partial charge on any atom is 0.417 e. The highest BCUT2D eigenvalue weighted by Gasteiger charge is 2.32. The minimum Gasteiger partial charge on any atom is -0.444 e. The van der Waals surface area contributed by atoms with Gasteiger partial charge in [-0.3, -0.25) is 4.98 Å². The summed E-state index contributed by atoms with van der Waals surface area (Å²) in [6, 6.07) is 5.93. The Morgan fingerprint density at radius 3 is 2.79 bits per heavy atom. The van der Waals surface area contributed by atoms with Gasteiger partial charge in [-0.1, -0.05) is 6.07 Å². The van der Waals surface area contributed by atoms with Crippen molar-refractivity contribution in [1.82, 2.24) is 9.88 Å². The van der Waals surface area contributed by atoms with Crippen LogP contribution in [-0.2, 0) is 4.74 Å². The van der Waals surface area contributed by atoms with Gasteiger partial charge in [-0.2, -0.15) is 0 Å². The van der Waals surface area contributed by atoms with Crippen molar-refractivity contribution in [3.63, 3.8) is 0 Å². The fourth-order valence-electron chi connectivity index (χ4n) is 3.28. The van der Waals surface area contributed by atoms with Crippen molar-refractivity contribution in [2.24, 2.45) is 0 Å². The third-order valence-corrected chi connectivity index (χ3v) is 4.42. The molecule has 6 heteroatoms. The molecule has 0 aliphatic carbocycles. The fraction of sp³-hybridized carbons (Fsp3) is 0.556. The van der Waals surface area contributed by atoms with Crippen LogP contribution < -0.4 is 5.76 Å². The number of amides is 1. The molecule has 6 nitrogen and oxygen atoms in total. The van der Waals surface area contributed by atoms with Crippen molar-refractivity contribution >= 4 is 17.2 Å². The average Bonchev–Trinajstić information content (AvgIpc) is 2.84. The molecule has 1 aliphatic heterocycles. The van der Waals surface area contributed by atoms with E-state index in [0.717, 1.165) is 18.4 Å². The van der Waals surface area contributed by atoms with E-state index in [1.54, 1.807) is 4.90 Å². The zero-order chi connectivity index (χ0) is 17.5. The molecule has 2 heterocycles. The summed E-state index contributed by atoms with van der Waals surface area (Å²) >= 11 is 0. The second kappa shape index (κ2) is 6.00. The first-order valence-corrected chi connectivity index (χ1v) is 8.35. The summed E-state index contributed by atoms with van der Waals surface area (Å²) in [7, 11) is 0. The van der Waals surface area contributed by atoms with Gasteiger partial charge in [0.15, 0.2) is 5.58 Å². The summed E-state index contributed by atoms with van der Waals surface area (Å²) in [6.45, 7) is 8.34. The van der Waals surface area contributed by atoms with Gasteiger partial charge in [-0.15, -0.1) is 0 Å². The lowest BCUT2D eigenvalue weighted by Crippen LogP contribution is -2.46. The van der Waals surface area contributed by atoms with E-state index >= 15 is 0 Å². The molecule has 1 fully saturated rings. The van der Waals surface area contributed by atoms with Crippen LogP contribution in [0, 0.1) is 0 Å². The summed E-state index contributed by atoms with van der Waals surface area (Å²) in [5.74, 6) is -0.0986. The van der Waals surface area contributed by atoms with Crippen LogP contribution in [0.5, 0.6) is 0 Å². The molecule has 0 bridgehead atoms. The van der Waals surface area contributed by atoms with Gasteiger partial charge in [-0.25, -0.2) is 9.59 Å². The Balaban J connectivity index is 1.72. The molecular weight excluding hydrogens is 308 g/mol. The number of aromatic nitrogens is 1. The standard InChI is InChI=1S/C18H24N2O4/c1-11-9-13(7-8-20(11)17(22)24-18(2,3)4)12-5-6-14-15(10-12)23-16(21)19-14/h5-6,10-11,13H,7-9H2,1-4H3,(H,19,21). The van der Waals surface area contributed by atoms with Gasteiger partial charge >= 0.3 is 11.8 Å². The third-order valence-electron chi connectivity index (χ3n) is 4.42. The molecule has 0 saturated carbocycles. The number of carbonyl (C=O) groups is 1. The second-order valence-electron chi connectivity index (χ2n) is 7.51. The monoisotopic (exact) mass is 332 g/mol. The third kappa shape index (κ3) is 3.47. The van der Waals surface area contributed by atoms with Gasteiger partial charge in [0, 0.05) is 12.6 Å². The average molecular weight is 332 g/mol. The second-order valence-corrected chi connectivity index (χ2v) is 7.51. The molecule has 2 atom stereocenters. The van der Waals surface area contributed by atoms with Crippen LogP contribution in [-0.4, -0.2) is 34.2 Å². The van der Waals surface area contributed by atoms with Crippen LogP contribution in [0.3, 0.4) is 0 Å². The Bertz CT molecular complexity index is 799. The van der Waals surface area contributed by atoms with Crippen LogP contribution in [0.2, 0.25) is 0 Å². The predicted molar refractivity (Wildman–Crippen MR) is 91.2 cm³/mol. The van der Waals surface area contributed by atoms with E-state index in [2.05, 4.69) is 4.98 Å². The van der Waals surface area contributed by atoms with Gasteiger partial charge in [0.05, 0.1) is 5.52 Å². The summed E-state index contributed by atoms with van der Waals surface area (Å²) < 4.78 is 10.6. The quantitative estimate of drug-likeness (QED) is 0.865. The number of hydrogen-bond donors (Lipinski definition) is 1. The van der Waals surface area contributed by atoms with Crippen LogP contribution in [0.25, 0.3) is 11.1 Å². The van der Waals surface area contributed by atoms with E-state index < -0.39 is 11.4 Å². The number of nitrogens with zero attached hydrogens (tertiary/aromatic N) is 1. The number of carbonyl (C=O) groups excluding carboxylic acids is 1. The first kappa shape index (κ1) is 16.6. The predicted octanol–water partition coefficient (Wildman–Crippen LogP) is 3.62. The first-order chi connectivity index (χ1) is 11.2. The van der Waals surface area contributed by atoms with E-state index in [9.17, 15) is 9.59 Å². The summed E-state index contributed by atoms with van der Waals surface area (Å²) in [5.41, 5.74) is 1.95. The molecule has 3 rings (SSSR count). The number of benzene rings is 1. The van der Waals surface area contributed by atoms with Crippen LogP contribution in [0.1, 0.15) is 52.0 Å². The topological polar surface area (TPSA) is 75.5 Å². The van der Waals surface area contributed by atoms with Crippen LogP contribution >= 0.6 is 0 Å². The van der Waals surface area contributed by atoms with E-state index in [0.29, 0.717) is 23.6 Å². The highest BCUT2D eigenvalue weighted by Crippen LogP contribution is 2.33. The maximum absolute atomic E-state index is 12.3. The molecule has 2 aromatic rings. The molecule has 130 valence electrons. The van der Waals surface area contributed by atoms with Crippen molar-refractivity contribution in [1.29, 1.82) is 0 Å². The number of nitrogens with one attached hydrogen (secondary N) is 1. The summed E-state index contributed by atoms with van der Waals surface area (Å²) in [4.78, 5) is 28.0. The lowest BCUT2D eigenvalue weighted by Gasteiger charge is -2.38. The molecule has 1 saturated heterocycles. The Kier molecular flexibility index (Phi) is 4.15. The number of piperidine rings is 1. The molecule has 1 aliphatic rings. The number of fused-ring (bicyclic) bond motifs is 1. The van der Waals surface area contributed by atoms with Gasteiger partial charge < -0.3 is 14.1 Å². The lowest BCUT2D eigenvalue weighted by atomic mass is 9.86. The SMILES string of the molecule is CC1CC(c2ccc3[nH]c(=O)oc3c2)CCN1C(=O)OC(C)(C)C. The molecular formula is C18H24N2O4. The fourth-order valence-corrected chi connectivity index (χ4v) is 3.28. The zero-order valence-electron chi connectivity index (χ0n) is 14.6.